The summed E-state index contributed by atoms with van der Waals surface area (Å²) in [6, 6.07) is 19.8. The summed E-state index contributed by atoms with van der Waals surface area (Å²) in [4.78, 5) is 5.80. The summed E-state index contributed by atoms with van der Waals surface area (Å²) in [5, 5.41) is 1.35. The number of fused-ring (bicyclic) bond motifs is 1. The van der Waals surface area contributed by atoms with Crippen molar-refractivity contribution in [3.63, 3.8) is 0 Å². The lowest BCUT2D eigenvalue weighted by Crippen LogP contribution is -2.48. The van der Waals surface area contributed by atoms with Gasteiger partial charge in [0, 0.05) is 29.2 Å². The Hall–Kier alpha value is -2.26. The highest BCUT2D eigenvalue weighted by molar-refractivity contribution is 5.82. The summed E-state index contributed by atoms with van der Waals surface area (Å²) in [7, 11) is 0. The van der Waals surface area contributed by atoms with E-state index in [1.807, 2.05) is 24.4 Å². The maximum Gasteiger partial charge on any atom is 0.153 e. The van der Waals surface area contributed by atoms with Crippen molar-refractivity contribution in [1.29, 1.82) is 0 Å². The van der Waals surface area contributed by atoms with Crippen molar-refractivity contribution < 1.29 is 4.74 Å². The molecule has 0 aliphatic rings. The molecule has 3 nitrogen and oxygen atoms in total. The van der Waals surface area contributed by atoms with Crippen molar-refractivity contribution in [3.8, 4) is 5.75 Å². The number of H-pyrrole nitrogens is 1. The van der Waals surface area contributed by atoms with Crippen LogP contribution in [0.5, 0.6) is 5.75 Å². The molecule has 1 aromatic heterocycles. The summed E-state index contributed by atoms with van der Waals surface area (Å²) in [6.45, 7) is 9.03. The lowest BCUT2D eigenvalue weighted by molar-refractivity contribution is -0.0248. The van der Waals surface area contributed by atoms with Gasteiger partial charge in [0.2, 0.25) is 0 Å². The summed E-state index contributed by atoms with van der Waals surface area (Å²) in [6.07, 6.45) is 6.59. The zero-order valence-corrected chi connectivity index (χ0v) is 17.7. The van der Waals surface area contributed by atoms with E-state index in [-0.39, 0.29) is 6.23 Å². The molecular weight excluding hydrogens is 344 g/mol. The number of aromatic amines is 1. The topological polar surface area (TPSA) is 28.3 Å². The van der Waals surface area contributed by atoms with E-state index in [0.29, 0.717) is 12.1 Å². The van der Waals surface area contributed by atoms with Gasteiger partial charge in [-0.2, -0.15) is 0 Å². The van der Waals surface area contributed by atoms with E-state index in [2.05, 4.69) is 74.0 Å². The molecule has 2 aromatic carbocycles. The summed E-state index contributed by atoms with van der Waals surface area (Å²) < 4.78 is 6.43. The quantitative estimate of drug-likeness (QED) is 0.326. The Morgan fingerprint density at radius 2 is 1.61 bits per heavy atom. The number of ether oxygens (including phenoxy) is 1. The number of aryl methyl sites for hydroxylation is 1. The second kappa shape index (κ2) is 9.79. The second-order valence-corrected chi connectivity index (χ2v) is 8.12. The Kier molecular flexibility index (Phi) is 7.16. The van der Waals surface area contributed by atoms with E-state index >= 15 is 0 Å². The van der Waals surface area contributed by atoms with Crippen LogP contribution in [0.1, 0.15) is 52.5 Å². The minimum atomic E-state index is 0.102. The lowest BCUT2D eigenvalue weighted by atomic mass is 10.0. The fourth-order valence-corrected chi connectivity index (χ4v) is 4.19. The molecule has 0 spiro atoms. The average molecular weight is 379 g/mol. The van der Waals surface area contributed by atoms with Gasteiger partial charge in [0.1, 0.15) is 5.75 Å². The fourth-order valence-electron chi connectivity index (χ4n) is 4.19. The second-order valence-electron chi connectivity index (χ2n) is 8.12. The molecule has 0 bridgehead atoms. The van der Waals surface area contributed by atoms with Crippen LogP contribution < -0.4 is 4.74 Å². The Balaban J connectivity index is 1.63. The Morgan fingerprint density at radius 1 is 0.857 bits per heavy atom. The first-order valence-electron chi connectivity index (χ1n) is 10.6. The molecule has 0 amide bonds. The van der Waals surface area contributed by atoms with Gasteiger partial charge >= 0.3 is 0 Å². The number of aromatic nitrogens is 1. The van der Waals surface area contributed by atoms with Gasteiger partial charge in [0.05, 0.1) is 0 Å². The molecule has 150 valence electrons. The summed E-state index contributed by atoms with van der Waals surface area (Å²) >= 11 is 0. The standard InChI is InChI=1S/C25H34N2O/c1-19(2)27(20(3)4)25(28-22-13-6-5-7-14-22)16-9-8-11-21-12-10-15-24-23(21)17-18-26-24/h5-7,10,12-15,17-20,25-26H,8-9,11,16H2,1-4H3. The normalized spacial score (nSPS) is 13.0. The van der Waals surface area contributed by atoms with E-state index in [4.69, 9.17) is 4.74 Å². The molecule has 3 rings (SSSR count). The number of nitrogens with one attached hydrogen (secondary N) is 1. The minimum Gasteiger partial charge on any atom is -0.475 e. The molecule has 3 heteroatoms. The predicted molar refractivity (Wildman–Crippen MR) is 119 cm³/mol. The van der Waals surface area contributed by atoms with Gasteiger partial charge in [-0.05, 0) is 83.2 Å². The van der Waals surface area contributed by atoms with Crippen molar-refractivity contribution in [2.45, 2.75) is 71.7 Å². The molecule has 0 radical (unpaired) electrons. The number of nitrogens with zero attached hydrogens (tertiary/aromatic N) is 1. The molecule has 0 aliphatic carbocycles. The van der Waals surface area contributed by atoms with Crippen LogP contribution in [0.15, 0.2) is 60.8 Å². The van der Waals surface area contributed by atoms with Crippen LogP contribution >= 0.6 is 0 Å². The van der Waals surface area contributed by atoms with Crippen LogP contribution in [0.2, 0.25) is 0 Å². The van der Waals surface area contributed by atoms with E-state index < -0.39 is 0 Å². The Morgan fingerprint density at radius 3 is 2.32 bits per heavy atom. The molecule has 1 heterocycles. The number of unbranched alkanes of at least 4 members (excludes halogenated alkanes) is 1. The third-order valence-corrected chi connectivity index (χ3v) is 5.37. The van der Waals surface area contributed by atoms with Crippen LogP contribution in [0.25, 0.3) is 10.9 Å². The third kappa shape index (κ3) is 5.17. The largest absolute Gasteiger partial charge is 0.475 e. The van der Waals surface area contributed by atoms with Crippen molar-refractivity contribution in [2.75, 3.05) is 0 Å². The van der Waals surface area contributed by atoms with Gasteiger partial charge in [0.25, 0.3) is 0 Å². The predicted octanol–water partition coefficient (Wildman–Crippen LogP) is 6.40. The zero-order valence-electron chi connectivity index (χ0n) is 17.7. The Bertz CT molecular complexity index is 830. The average Bonchev–Trinajstić information content (AvgIpc) is 3.15. The van der Waals surface area contributed by atoms with Crippen molar-refractivity contribution in [1.82, 2.24) is 9.88 Å². The first-order chi connectivity index (χ1) is 13.6. The summed E-state index contributed by atoms with van der Waals surface area (Å²) in [5.74, 6) is 0.955. The number of benzene rings is 2. The first-order valence-corrected chi connectivity index (χ1v) is 10.6. The highest BCUT2D eigenvalue weighted by Gasteiger charge is 2.25. The number of rotatable bonds is 10. The monoisotopic (exact) mass is 378 g/mol. The van der Waals surface area contributed by atoms with Crippen molar-refractivity contribution >= 4 is 10.9 Å². The Labute approximate surface area is 169 Å². The van der Waals surface area contributed by atoms with E-state index in [1.54, 1.807) is 0 Å². The van der Waals surface area contributed by atoms with Crippen molar-refractivity contribution in [3.05, 3.63) is 66.4 Å². The van der Waals surface area contributed by atoms with E-state index in [1.165, 1.54) is 22.9 Å². The van der Waals surface area contributed by atoms with Crippen LogP contribution in [0, 0.1) is 0 Å². The molecule has 0 saturated carbocycles. The molecule has 0 saturated heterocycles. The number of hydrogen-bond acceptors (Lipinski definition) is 2. The maximum absolute atomic E-state index is 6.43. The number of hydrogen-bond donors (Lipinski definition) is 1. The van der Waals surface area contributed by atoms with Gasteiger partial charge in [-0.1, -0.05) is 30.3 Å². The highest BCUT2D eigenvalue weighted by atomic mass is 16.5. The van der Waals surface area contributed by atoms with Crippen LogP contribution in [0.3, 0.4) is 0 Å². The van der Waals surface area contributed by atoms with Gasteiger partial charge in [-0.25, -0.2) is 0 Å². The molecule has 0 aliphatic heterocycles. The van der Waals surface area contributed by atoms with Crippen molar-refractivity contribution in [2.24, 2.45) is 0 Å². The van der Waals surface area contributed by atoms with Gasteiger partial charge in [0.15, 0.2) is 6.23 Å². The first kappa shape index (κ1) is 20.5. The van der Waals surface area contributed by atoms with E-state index in [9.17, 15) is 0 Å². The smallest absolute Gasteiger partial charge is 0.153 e. The highest BCUT2D eigenvalue weighted by Crippen LogP contribution is 2.23. The lowest BCUT2D eigenvalue weighted by Gasteiger charge is -2.38. The molecule has 1 N–H and O–H groups in total. The van der Waals surface area contributed by atoms with Crippen LogP contribution in [-0.2, 0) is 6.42 Å². The molecular formula is C25H34N2O. The molecule has 3 aromatic rings. The third-order valence-electron chi connectivity index (χ3n) is 5.37. The maximum atomic E-state index is 6.43. The van der Waals surface area contributed by atoms with Gasteiger partial charge < -0.3 is 9.72 Å². The van der Waals surface area contributed by atoms with E-state index in [0.717, 1.165) is 25.0 Å². The van der Waals surface area contributed by atoms with Crippen LogP contribution in [-0.4, -0.2) is 28.2 Å². The van der Waals surface area contributed by atoms with Gasteiger partial charge in [-0.3, -0.25) is 4.90 Å². The zero-order chi connectivity index (χ0) is 19.9. The molecule has 1 unspecified atom stereocenters. The SMILES string of the molecule is CC(C)N(C(C)C)C(CCCCc1cccc2[nH]ccc12)Oc1ccccc1. The number of para-hydroxylation sites is 1. The van der Waals surface area contributed by atoms with Crippen LogP contribution in [0.4, 0.5) is 0 Å². The molecule has 28 heavy (non-hydrogen) atoms. The minimum absolute atomic E-state index is 0.102. The molecule has 1 atom stereocenters. The molecule has 0 fully saturated rings. The fraction of sp³-hybridized carbons (Fsp3) is 0.440. The summed E-state index contributed by atoms with van der Waals surface area (Å²) in [5.41, 5.74) is 2.66. The van der Waals surface area contributed by atoms with Gasteiger partial charge in [-0.15, -0.1) is 0 Å².